The van der Waals surface area contributed by atoms with Crippen LogP contribution in [0.2, 0.25) is 0 Å². The third kappa shape index (κ3) is 6.43. The molecule has 9 nitrogen and oxygen atoms in total. The van der Waals surface area contributed by atoms with Crippen LogP contribution >= 0.6 is 11.3 Å². The molecule has 216 valence electrons. The van der Waals surface area contributed by atoms with E-state index in [9.17, 15) is 14.4 Å². The molecule has 10 heteroatoms. The number of hydrogen-bond acceptors (Lipinski definition) is 9. The molecular formula is C31H34N2O7S. The summed E-state index contributed by atoms with van der Waals surface area (Å²) in [6, 6.07) is 12.4. The van der Waals surface area contributed by atoms with Crippen LogP contribution in [0.3, 0.4) is 0 Å². The molecule has 41 heavy (non-hydrogen) atoms. The first-order chi connectivity index (χ1) is 19.7. The number of carbonyl (C=O) groups is 2. The van der Waals surface area contributed by atoms with Gasteiger partial charge in [0.2, 0.25) is 0 Å². The predicted octanol–water partition coefficient (Wildman–Crippen LogP) is 3.87. The van der Waals surface area contributed by atoms with Crippen molar-refractivity contribution in [2.45, 2.75) is 46.6 Å². The molecule has 2 heterocycles. The van der Waals surface area contributed by atoms with Crippen molar-refractivity contribution < 1.29 is 28.5 Å². The smallest absolute Gasteiger partial charge is 0.343 e. The Kier molecular flexibility index (Phi) is 9.44. The van der Waals surface area contributed by atoms with Gasteiger partial charge in [-0.2, -0.15) is 0 Å². The first kappa shape index (κ1) is 29.8. The van der Waals surface area contributed by atoms with E-state index in [0.29, 0.717) is 44.6 Å². The third-order valence-electron chi connectivity index (χ3n) is 6.57. The lowest BCUT2D eigenvalue weighted by Crippen LogP contribution is -2.40. The Bertz CT molecular complexity index is 1650. The topological polar surface area (TPSA) is 105 Å². The second kappa shape index (κ2) is 13.0. The van der Waals surface area contributed by atoms with Gasteiger partial charge in [0, 0.05) is 0 Å². The summed E-state index contributed by atoms with van der Waals surface area (Å²) in [5.41, 5.74) is 3.16. The fourth-order valence-electron chi connectivity index (χ4n) is 4.51. The van der Waals surface area contributed by atoms with Gasteiger partial charge < -0.3 is 18.9 Å². The highest BCUT2D eigenvalue weighted by molar-refractivity contribution is 7.07. The van der Waals surface area contributed by atoms with Crippen LogP contribution in [-0.4, -0.2) is 43.4 Å². The van der Waals surface area contributed by atoms with Crippen LogP contribution in [0.5, 0.6) is 11.5 Å². The minimum Gasteiger partial charge on any atom is -0.490 e. The summed E-state index contributed by atoms with van der Waals surface area (Å²) >= 11 is 1.26. The lowest BCUT2D eigenvalue weighted by Gasteiger charge is -2.25. The average Bonchev–Trinajstić information content (AvgIpc) is 3.25. The molecule has 0 saturated heterocycles. The van der Waals surface area contributed by atoms with E-state index in [4.69, 9.17) is 14.2 Å². The first-order valence-electron chi connectivity index (χ1n) is 13.4. The summed E-state index contributed by atoms with van der Waals surface area (Å²) in [4.78, 5) is 43.9. The standard InChI is InChI=1S/C31H34N2O7S/c1-7-38-24-16-22(13-14-23(24)40-17-26(34)37-6)28-27(30(36)39-8-2)19(5)32-31-33(28)29(35)25(41-31)15-20-9-11-21(12-10-20)18(3)4/h9-16,18,28H,7-8,17H2,1-6H3/b25-15-/t28-/m0/s1. The van der Waals surface area contributed by atoms with E-state index in [1.54, 1.807) is 32.0 Å². The number of carbonyl (C=O) groups excluding carboxylic acids is 2. The fourth-order valence-corrected chi connectivity index (χ4v) is 5.56. The number of hydrogen-bond donors (Lipinski definition) is 0. The quantitative estimate of drug-likeness (QED) is 0.336. The molecule has 0 radical (unpaired) electrons. The molecule has 2 aromatic carbocycles. The summed E-state index contributed by atoms with van der Waals surface area (Å²) < 4.78 is 23.5. The van der Waals surface area contributed by atoms with Crippen molar-refractivity contribution in [3.05, 3.63) is 90.1 Å². The van der Waals surface area contributed by atoms with Gasteiger partial charge in [-0.15, -0.1) is 0 Å². The number of rotatable bonds is 10. The van der Waals surface area contributed by atoms with Crippen molar-refractivity contribution in [3.8, 4) is 11.5 Å². The van der Waals surface area contributed by atoms with E-state index >= 15 is 0 Å². The molecule has 0 N–H and O–H groups in total. The number of allylic oxidation sites excluding steroid dienone is 1. The molecule has 3 aromatic rings. The van der Waals surface area contributed by atoms with Gasteiger partial charge in [0.15, 0.2) is 22.9 Å². The number of benzene rings is 2. The average molecular weight is 579 g/mol. The van der Waals surface area contributed by atoms with Gasteiger partial charge in [0.05, 0.1) is 42.2 Å². The van der Waals surface area contributed by atoms with Gasteiger partial charge in [0.1, 0.15) is 0 Å². The molecule has 0 unspecified atom stereocenters. The number of esters is 2. The Labute approximate surface area is 242 Å². The van der Waals surface area contributed by atoms with Crippen LogP contribution in [0.15, 0.2) is 63.5 Å². The van der Waals surface area contributed by atoms with Gasteiger partial charge in [-0.3, -0.25) is 9.36 Å². The van der Waals surface area contributed by atoms with Crippen molar-refractivity contribution in [2.24, 2.45) is 4.99 Å². The van der Waals surface area contributed by atoms with Crippen molar-refractivity contribution in [2.75, 3.05) is 26.9 Å². The summed E-state index contributed by atoms with van der Waals surface area (Å²) in [5.74, 6) is 0.000171. The molecule has 0 amide bonds. The zero-order chi connectivity index (χ0) is 29.7. The van der Waals surface area contributed by atoms with Gasteiger partial charge >= 0.3 is 11.9 Å². The predicted molar refractivity (Wildman–Crippen MR) is 156 cm³/mol. The summed E-state index contributed by atoms with van der Waals surface area (Å²) in [5, 5.41) is 0. The number of nitrogens with zero attached hydrogens (tertiary/aromatic N) is 2. The van der Waals surface area contributed by atoms with Crippen LogP contribution < -0.4 is 24.4 Å². The summed E-state index contributed by atoms with van der Waals surface area (Å²) in [6.07, 6.45) is 1.84. The van der Waals surface area contributed by atoms with E-state index in [0.717, 1.165) is 5.56 Å². The highest BCUT2D eigenvalue weighted by atomic mass is 32.1. The van der Waals surface area contributed by atoms with E-state index in [-0.39, 0.29) is 24.3 Å². The number of aromatic nitrogens is 1. The Morgan fingerprint density at radius 1 is 1.05 bits per heavy atom. The van der Waals surface area contributed by atoms with E-state index in [2.05, 4.69) is 35.7 Å². The molecule has 1 aromatic heterocycles. The maximum atomic E-state index is 13.9. The normalized spacial score (nSPS) is 14.9. The maximum Gasteiger partial charge on any atom is 0.343 e. The fraction of sp³-hybridized carbons (Fsp3) is 0.355. The van der Waals surface area contributed by atoms with Crippen molar-refractivity contribution >= 4 is 29.4 Å². The molecule has 1 aliphatic heterocycles. The van der Waals surface area contributed by atoms with Crippen molar-refractivity contribution in [1.29, 1.82) is 0 Å². The summed E-state index contributed by atoms with van der Waals surface area (Å²) in [7, 11) is 1.28. The lowest BCUT2D eigenvalue weighted by molar-refractivity contribution is -0.143. The molecule has 0 spiro atoms. The maximum absolute atomic E-state index is 13.9. The van der Waals surface area contributed by atoms with Crippen LogP contribution in [-0.2, 0) is 19.1 Å². The second-order valence-corrected chi connectivity index (χ2v) is 10.6. The monoisotopic (exact) mass is 578 g/mol. The lowest BCUT2D eigenvalue weighted by atomic mass is 9.95. The van der Waals surface area contributed by atoms with Crippen LogP contribution in [0.25, 0.3) is 6.08 Å². The molecule has 1 atom stereocenters. The summed E-state index contributed by atoms with van der Waals surface area (Å²) in [6.45, 7) is 9.75. The Morgan fingerprint density at radius 3 is 2.41 bits per heavy atom. The number of fused-ring (bicyclic) bond motifs is 1. The Balaban J connectivity index is 1.87. The van der Waals surface area contributed by atoms with Crippen molar-refractivity contribution in [1.82, 2.24) is 4.57 Å². The SMILES string of the molecule is CCOC(=O)C1=C(C)N=c2s/c(=C\c3ccc(C(C)C)cc3)c(=O)n2[C@H]1c1ccc(OCC(=O)OC)c(OCC)c1. The zero-order valence-corrected chi connectivity index (χ0v) is 24.9. The first-order valence-corrected chi connectivity index (χ1v) is 14.3. The highest BCUT2D eigenvalue weighted by Crippen LogP contribution is 2.36. The molecule has 0 aliphatic carbocycles. The van der Waals surface area contributed by atoms with Gasteiger partial charge in [-0.25, -0.2) is 14.6 Å². The second-order valence-electron chi connectivity index (χ2n) is 9.63. The molecule has 0 fully saturated rings. The van der Waals surface area contributed by atoms with Crippen LogP contribution in [0, 0.1) is 0 Å². The van der Waals surface area contributed by atoms with Crippen LogP contribution in [0.4, 0.5) is 0 Å². The van der Waals surface area contributed by atoms with Gasteiger partial charge in [-0.05, 0) is 61.6 Å². The number of methoxy groups -OCH3 is 1. The molecule has 0 bridgehead atoms. The van der Waals surface area contributed by atoms with E-state index in [1.807, 2.05) is 25.1 Å². The minimum atomic E-state index is -0.815. The van der Waals surface area contributed by atoms with Gasteiger partial charge in [-0.1, -0.05) is 55.5 Å². The van der Waals surface area contributed by atoms with E-state index < -0.39 is 18.0 Å². The highest BCUT2D eigenvalue weighted by Gasteiger charge is 2.34. The molecular weight excluding hydrogens is 544 g/mol. The Morgan fingerprint density at radius 2 is 1.78 bits per heavy atom. The zero-order valence-electron chi connectivity index (χ0n) is 24.1. The Hall–Kier alpha value is -4.18. The van der Waals surface area contributed by atoms with Gasteiger partial charge in [0.25, 0.3) is 5.56 Å². The van der Waals surface area contributed by atoms with Crippen molar-refractivity contribution in [3.63, 3.8) is 0 Å². The minimum absolute atomic E-state index is 0.170. The van der Waals surface area contributed by atoms with E-state index in [1.165, 1.54) is 28.6 Å². The largest absolute Gasteiger partial charge is 0.490 e. The van der Waals surface area contributed by atoms with Crippen LogP contribution in [0.1, 0.15) is 63.3 Å². The molecule has 4 rings (SSSR count). The number of ether oxygens (including phenoxy) is 4. The molecule has 1 aliphatic rings. The third-order valence-corrected chi connectivity index (χ3v) is 7.56. The number of thiazole rings is 1. The molecule has 0 saturated carbocycles.